The largest absolute Gasteiger partial charge is 0.491 e. The first-order valence-electron chi connectivity index (χ1n) is 8.77. The Bertz CT molecular complexity index is 843. The standard InChI is InChI=1S/C19H25N5O/c1-5-6-9-24(4)18-10-14(12-20-22-18)19-16-11-15(25-13(2)3)7-8-17(16)21-23-19/h7-8,10-13H,5-6,9H2,1-4H3,(H,21,23). The van der Waals surface area contributed by atoms with Gasteiger partial charge in [0.05, 0.1) is 17.8 Å². The zero-order valence-corrected chi connectivity index (χ0v) is 15.3. The summed E-state index contributed by atoms with van der Waals surface area (Å²) in [4.78, 5) is 2.13. The second-order valence-corrected chi connectivity index (χ2v) is 6.52. The van der Waals surface area contributed by atoms with Crippen LogP contribution in [0.25, 0.3) is 22.2 Å². The summed E-state index contributed by atoms with van der Waals surface area (Å²) >= 11 is 0. The van der Waals surface area contributed by atoms with Crippen molar-refractivity contribution in [3.8, 4) is 17.0 Å². The lowest BCUT2D eigenvalue weighted by atomic mass is 10.1. The van der Waals surface area contributed by atoms with Gasteiger partial charge in [-0.15, -0.1) is 5.10 Å². The van der Waals surface area contributed by atoms with E-state index in [1.54, 1.807) is 6.20 Å². The number of aromatic nitrogens is 4. The lowest BCUT2D eigenvalue weighted by molar-refractivity contribution is 0.243. The molecule has 0 aliphatic rings. The van der Waals surface area contributed by atoms with Gasteiger partial charge >= 0.3 is 0 Å². The number of hydrogen-bond donors (Lipinski definition) is 1. The summed E-state index contributed by atoms with van der Waals surface area (Å²) in [5, 5.41) is 17.0. The molecular weight excluding hydrogens is 314 g/mol. The Balaban J connectivity index is 1.95. The van der Waals surface area contributed by atoms with Gasteiger partial charge in [-0.2, -0.15) is 10.2 Å². The number of benzene rings is 1. The highest BCUT2D eigenvalue weighted by Crippen LogP contribution is 2.30. The third-order valence-corrected chi connectivity index (χ3v) is 4.06. The fourth-order valence-electron chi connectivity index (χ4n) is 2.74. The maximum atomic E-state index is 5.81. The summed E-state index contributed by atoms with van der Waals surface area (Å²) in [6.07, 6.45) is 4.17. The molecule has 6 nitrogen and oxygen atoms in total. The average Bonchev–Trinajstić information content (AvgIpc) is 3.02. The Morgan fingerprint density at radius 2 is 2.08 bits per heavy atom. The van der Waals surface area contributed by atoms with Gasteiger partial charge in [-0.1, -0.05) is 13.3 Å². The van der Waals surface area contributed by atoms with Gasteiger partial charge in [-0.25, -0.2) is 0 Å². The highest BCUT2D eigenvalue weighted by Gasteiger charge is 2.12. The van der Waals surface area contributed by atoms with Crippen molar-refractivity contribution in [2.75, 3.05) is 18.5 Å². The highest BCUT2D eigenvalue weighted by atomic mass is 16.5. The van der Waals surface area contributed by atoms with Crippen molar-refractivity contribution in [3.63, 3.8) is 0 Å². The van der Waals surface area contributed by atoms with Crippen molar-refractivity contribution in [3.05, 3.63) is 30.5 Å². The molecule has 25 heavy (non-hydrogen) atoms. The number of anilines is 1. The van der Waals surface area contributed by atoms with Crippen molar-refractivity contribution in [1.29, 1.82) is 0 Å². The minimum Gasteiger partial charge on any atom is -0.491 e. The third-order valence-electron chi connectivity index (χ3n) is 4.06. The molecule has 3 aromatic rings. The SMILES string of the molecule is CCCCN(C)c1cc(-c2n[nH]c3ccc(OC(C)C)cc23)cnn1. The van der Waals surface area contributed by atoms with Gasteiger partial charge in [0.1, 0.15) is 11.4 Å². The smallest absolute Gasteiger partial charge is 0.151 e. The summed E-state index contributed by atoms with van der Waals surface area (Å²) < 4.78 is 5.81. The summed E-state index contributed by atoms with van der Waals surface area (Å²) in [5.74, 6) is 1.70. The van der Waals surface area contributed by atoms with Gasteiger partial charge in [0.15, 0.2) is 5.82 Å². The van der Waals surface area contributed by atoms with E-state index in [1.807, 2.05) is 45.2 Å². The zero-order chi connectivity index (χ0) is 17.8. The molecule has 2 heterocycles. The van der Waals surface area contributed by atoms with E-state index < -0.39 is 0 Å². The molecule has 0 spiro atoms. The average molecular weight is 339 g/mol. The molecule has 0 bridgehead atoms. The van der Waals surface area contributed by atoms with E-state index in [0.29, 0.717) is 0 Å². The van der Waals surface area contributed by atoms with Crippen LogP contribution < -0.4 is 9.64 Å². The van der Waals surface area contributed by atoms with Gasteiger partial charge in [-0.3, -0.25) is 5.10 Å². The number of rotatable bonds is 7. The minimum absolute atomic E-state index is 0.134. The van der Waals surface area contributed by atoms with Crippen LogP contribution in [-0.2, 0) is 0 Å². The van der Waals surface area contributed by atoms with Crippen LogP contribution in [-0.4, -0.2) is 40.1 Å². The molecule has 1 N–H and O–H groups in total. The number of aromatic amines is 1. The first kappa shape index (κ1) is 17.2. The maximum Gasteiger partial charge on any atom is 0.151 e. The van der Waals surface area contributed by atoms with Crippen molar-refractivity contribution in [2.45, 2.75) is 39.7 Å². The van der Waals surface area contributed by atoms with E-state index in [2.05, 4.69) is 32.2 Å². The van der Waals surface area contributed by atoms with Crippen LogP contribution in [0.2, 0.25) is 0 Å². The fourth-order valence-corrected chi connectivity index (χ4v) is 2.74. The maximum absolute atomic E-state index is 5.81. The first-order chi connectivity index (χ1) is 12.1. The third kappa shape index (κ3) is 3.90. The number of H-pyrrole nitrogens is 1. The Kier molecular flexibility index (Phi) is 5.16. The van der Waals surface area contributed by atoms with E-state index in [1.165, 1.54) is 0 Å². The summed E-state index contributed by atoms with van der Waals surface area (Å²) in [6, 6.07) is 8.01. The van der Waals surface area contributed by atoms with Crippen LogP contribution in [0.3, 0.4) is 0 Å². The summed E-state index contributed by atoms with van der Waals surface area (Å²) in [5.41, 5.74) is 2.79. The molecule has 0 unspecified atom stereocenters. The summed E-state index contributed by atoms with van der Waals surface area (Å²) in [6.45, 7) is 7.18. The van der Waals surface area contributed by atoms with Gasteiger partial charge < -0.3 is 9.64 Å². The number of fused-ring (bicyclic) bond motifs is 1. The minimum atomic E-state index is 0.134. The van der Waals surface area contributed by atoms with Crippen LogP contribution in [0.1, 0.15) is 33.6 Å². The predicted molar refractivity (Wildman–Crippen MR) is 101 cm³/mol. The molecule has 1 aromatic carbocycles. The van der Waals surface area contributed by atoms with Crippen LogP contribution in [0.4, 0.5) is 5.82 Å². The van der Waals surface area contributed by atoms with Crippen molar-refractivity contribution >= 4 is 16.7 Å². The molecule has 0 saturated carbocycles. The zero-order valence-electron chi connectivity index (χ0n) is 15.3. The van der Waals surface area contributed by atoms with E-state index in [4.69, 9.17) is 4.74 Å². The fraction of sp³-hybridized carbons (Fsp3) is 0.421. The predicted octanol–water partition coefficient (Wildman–Crippen LogP) is 4.04. The Morgan fingerprint density at radius 3 is 2.84 bits per heavy atom. The number of unbranched alkanes of at least 4 members (excludes halogenated alkanes) is 1. The monoisotopic (exact) mass is 339 g/mol. The first-order valence-corrected chi connectivity index (χ1v) is 8.77. The molecule has 0 radical (unpaired) electrons. The summed E-state index contributed by atoms with van der Waals surface area (Å²) in [7, 11) is 2.04. The molecule has 6 heteroatoms. The van der Waals surface area contributed by atoms with Crippen molar-refractivity contribution in [2.24, 2.45) is 0 Å². The number of hydrogen-bond acceptors (Lipinski definition) is 5. The van der Waals surface area contributed by atoms with E-state index in [-0.39, 0.29) is 6.10 Å². The van der Waals surface area contributed by atoms with Gasteiger partial charge in [-0.05, 0) is 44.5 Å². The van der Waals surface area contributed by atoms with Crippen LogP contribution >= 0.6 is 0 Å². The molecule has 0 atom stereocenters. The molecule has 0 fully saturated rings. The number of ether oxygens (including phenoxy) is 1. The lowest BCUT2D eigenvalue weighted by Crippen LogP contribution is -2.19. The molecule has 132 valence electrons. The van der Waals surface area contributed by atoms with Gasteiger partial charge in [0.25, 0.3) is 0 Å². The molecule has 2 aromatic heterocycles. The van der Waals surface area contributed by atoms with Crippen molar-refractivity contribution < 1.29 is 4.74 Å². The number of nitrogens with one attached hydrogen (secondary N) is 1. The Hall–Kier alpha value is -2.63. The molecule has 3 rings (SSSR count). The topological polar surface area (TPSA) is 66.9 Å². The van der Waals surface area contributed by atoms with Gasteiger partial charge in [0, 0.05) is 24.5 Å². The van der Waals surface area contributed by atoms with Crippen LogP contribution in [0, 0.1) is 0 Å². The second kappa shape index (κ2) is 7.51. The van der Waals surface area contributed by atoms with Crippen LogP contribution in [0.5, 0.6) is 5.75 Å². The van der Waals surface area contributed by atoms with E-state index in [9.17, 15) is 0 Å². The lowest BCUT2D eigenvalue weighted by Gasteiger charge is -2.17. The Morgan fingerprint density at radius 1 is 1.24 bits per heavy atom. The second-order valence-electron chi connectivity index (χ2n) is 6.52. The van der Waals surface area contributed by atoms with Crippen LogP contribution in [0.15, 0.2) is 30.5 Å². The number of nitrogens with zero attached hydrogens (tertiary/aromatic N) is 4. The molecular formula is C19H25N5O. The van der Waals surface area contributed by atoms with Crippen molar-refractivity contribution in [1.82, 2.24) is 20.4 Å². The highest BCUT2D eigenvalue weighted by molar-refractivity contribution is 5.93. The molecule has 0 amide bonds. The Labute approximate surface area is 148 Å². The van der Waals surface area contributed by atoms with E-state index >= 15 is 0 Å². The molecule has 0 aliphatic heterocycles. The van der Waals surface area contributed by atoms with E-state index in [0.717, 1.165) is 53.1 Å². The molecule has 0 saturated heterocycles. The quantitative estimate of drug-likeness (QED) is 0.703. The van der Waals surface area contributed by atoms with Gasteiger partial charge in [0.2, 0.25) is 0 Å². The molecule has 0 aliphatic carbocycles. The normalized spacial score (nSPS) is 11.2.